The molecule has 2 nitrogen and oxygen atoms in total. The second kappa shape index (κ2) is 7.63. The summed E-state index contributed by atoms with van der Waals surface area (Å²) in [5, 5.41) is 8.58. The molecule has 0 aliphatic carbocycles. The first kappa shape index (κ1) is 13.5. The fourth-order valence-electron chi connectivity index (χ4n) is 1.34. The van der Waals surface area contributed by atoms with Gasteiger partial charge in [0.15, 0.2) is 11.6 Å². The molecule has 1 rings (SSSR count). The Labute approximate surface area is 104 Å². The zero-order valence-electron chi connectivity index (χ0n) is 9.09. The highest BCUT2D eigenvalue weighted by atomic mass is 79.9. The van der Waals surface area contributed by atoms with Gasteiger partial charge in [-0.3, -0.25) is 0 Å². The maximum atomic E-state index is 13.2. The van der Waals surface area contributed by atoms with Crippen LogP contribution in [-0.4, -0.2) is 18.3 Å². The Morgan fingerprint density at radius 3 is 2.69 bits per heavy atom. The molecular weight excluding hydrogens is 275 g/mol. The zero-order chi connectivity index (χ0) is 11.8. The minimum Gasteiger partial charge on any atom is -0.490 e. The van der Waals surface area contributed by atoms with Crippen molar-refractivity contribution in [1.82, 2.24) is 0 Å². The molecule has 0 aromatic heterocycles. The van der Waals surface area contributed by atoms with Gasteiger partial charge in [-0.05, 0) is 37.5 Å². The average molecular weight is 291 g/mol. The van der Waals surface area contributed by atoms with E-state index in [2.05, 4.69) is 15.9 Å². The van der Waals surface area contributed by atoms with Crippen LogP contribution < -0.4 is 4.74 Å². The summed E-state index contributed by atoms with van der Waals surface area (Å²) in [5.74, 6) is -0.0462. The van der Waals surface area contributed by atoms with Crippen LogP contribution in [0.4, 0.5) is 4.39 Å². The van der Waals surface area contributed by atoms with Gasteiger partial charge in [0.2, 0.25) is 0 Å². The van der Waals surface area contributed by atoms with E-state index in [1.54, 1.807) is 12.1 Å². The maximum absolute atomic E-state index is 13.2. The van der Waals surface area contributed by atoms with Crippen molar-refractivity contribution in [3.8, 4) is 5.75 Å². The van der Waals surface area contributed by atoms with Crippen LogP contribution in [0.3, 0.4) is 0 Å². The summed E-state index contributed by atoms with van der Waals surface area (Å²) >= 11 is 3.27. The molecule has 0 amide bonds. The second-order valence-corrected chi connectivity index (χ2v) is 4.48. The third kappa shape index (κ3) is 4.94. The fraction of sp³-hybridized carbons (Fsp3) is 0.500. The van der Waals surface area contributed by atoms with Crippen molar-refractivity contribution >= 4 is 15.9 Å². The van der Waals surface area contributed by atoms with E-state index in [1.165, 1.54) is 6.07 Å². The van der Waals surface area contributed by atoms with Crippen LogP contribution in [0.2, 0.25) is 0 Å². The van der Waals surface area contributed by atoms with E-state index >= 15 is 0 Å². The number of halogens is 2. The predicted molar refractivity (Wildman–Crippen MR) is 65.1 cm³/mol. The standard InChI is InChI=1S/C12H16BrFO2/c13-10-5-6-11(14)12(9-10)16-8-4-2-1-3-7-15/h5-6,9,15H,1-4,7-8H2. The summed E-state index contributed by atoms with van der Waals surface area (Å²) in [6.07, 6.45) is 3.69. The Kier molecular flexibility index (Phi) is 6.42. The number of hydrogen-bond donors (Lipinski definition) is 1. The molecule has 0 unspecified atom stereocenters. The lowest BCUT2D eigenvalue weighted by molar-refractivity contribution is 0.269. The molecule has 0 radical (unpaired) electrons. The largest absolute Gasteiger partial charge is 0.490 e. The van der Waals surface area contributed by atoms with Gasteiger partial charge in [-0.25, -0.2) is 4.39 Å². The first-order valence-electron chi connectivity index (χ1n) is 5.43. The maximum Gasteiger partial charge on any atom is 0.165 e. The smallest absolute Gasteiger partial charge is 0.165 e. The highest BCUT2D eigenvalue weighted by Crippen LogP contribution is 2.22. The van der Waals surface area contributed by atoms with E-state index in [9.17, 15) is 4.39 Å². The van der Waals surface area contributed by atoms with Gasteiger partial charge in [0.25, 0.3) is 0 Å². The van der Waals surface area contributed by atoms with Crippen molar-refractivity contribution in [1.29, 1.82) is 0 Å². The van der Waals surface area contributed by atoms with Gasteiger partial charge in [0.1, 0.15) is 0 Å². The number of benzene rings is 1. The van der Waals surface area contributed by atoms with Crippen molar-refractivity contribution in [3.05, 3.63) is 28.5 Å². The average Bonchev–Trinajstić information content (AvgIpc) is 2.28. The van der Waals surface area contributed by atoms with Crippen LogP contribution in [0.5, 0.6) is 5.75 Å². The van der Waals surface area contributed by atoms with Gasteiger partial charge in [0.05, 0.1) is 6.61 Å². The lowest BCUT2D eigenvalue weighted by Gasteiger charge is -2.07. The Balaban J connectivity index is 2.23. The van der Waals surface area contributed by atoms with E-state index in [-0.39, 0.29) is 18.2 Å². The minimum absolute atomic E-state index is 0.237. The summed E-state index contributed by atoms with van der Waals surface area (Å²) in [7, 11) is 0. The van der Waals surface area contributed by atoms with Crippen LogP contribution in [0.25, 0.3) is 0 Å². The number of ether oxygens (including phenoxy) is 1. The summed E-state index contributed by atoms with van der Waals surface area (Å²) in [4.78, 5) is 0. The quantitative estimate of drug-likeness (QED) is 0.779. The number of rotatable bonds is 7. The molecular formula is C12H16BrFO2. The molecule has 0 aliphatic heterocycles. The third-order valence-corrected chi connectivity index (χ3v) is 2.70. The normalized spacial score (nSPS) is 10.4. The van der Waals surface area contributed by atoms with E-state index in [0.717, 1.165) is 30.2 Å². The molecule has 1 aromatic rings. The van der Waals surface area contributed by atoms with Crippen molar-refractivity contribution in [2.24, 2.45) is 0 Å². The summed E-state index contributed by atoms with van der Waals surface area (Å²) < 4.78 is 19.4. The highest BCUT2D eigenvalue weighted by molar-refractivity contribution is 9.10. The van der Waals surface area contributed by atoms with Gasteiger partial charge < -0.3 is 9.84 Å². The molecule has 0 fully saturated rings. The van der Waals surface area contributed by atoms with Crippen molar-refractivity contribution in [2.45, 2.75) is 25.7 Å². The van der Waals surface area contributed by atoms with Crippen LogP contribution in [0.15, 0.2) is 22.7 Å². The van der Waals surface area contributed by atoms with E-state index < -0.39 is 0 Å². The monoisotopic (exact) mass is 290 g/mol. The Morgan fingerprint density at radius 2 is 1.94 bits per heavy atom. The van der Waals surface area contributed by atoms with Gasteiger partial charge in [-0.15, -0.1) is 0 Å². The zero-order valence-corrected chi connectivity index (χ0v) is 10.7. The fourth-order valence-corrected chi connectivity index (χ4v) is 1.68. The number of aliphatic hydroxyl groups is 1. The molecule has 0 heterocycles. The van der Waals surface area contributed by atoms with Crippen molar-refractivity contribution in [3.63, 3.8) is 0 Å². The molecule has 0 spiro atoms. The Bertz CT molecular complexity index is 318. The van der Waals surface area contributed by atoms with E-state index in [4.69, 9.17) is 9.84 Å². The molecule has 16 heavy (non-hydrogen) atoms. The molecule has 1 N–H and O–H groups in total. The topological polar surface area (TPSA) is 29.5 Å². The van der Waals surface area contributed by atoms with Gasteiger partial charge in [-0.2, -0.15) is 0 Å². The summed E-state index contributed by atoms with van der Waals surface area (Å²) in [6.45, 7) is 0.750. The Hall–Kier alpha value is -0.610. The van der Waals surface area contributed by atoms with Crippen LogP contribution in [0.1, 0.15) is 25.7 Å². The van der Waals surface area contributed by atoms with E-state index in [0.29, 0.717) is 6.61 Å². The molecule has 0 saturated carbocycles. The Morgan fingerprint density at radius 1 is 1.19 bits per heavy atom. The molecule has 0 bridgehead atoms. The third-order valence-electron chi connectivity index (χ3n) is 2.20. The number of hydrogen-bond acceptors (Lipinski definition) is 2. The highest BCUT2D eigenvalue weighted by Gasteiger charge is 2.03. The van der Waals surface area contributed by atoms with Gasteiger partial charge in [0, 0.05) is 11.1 Å². The van der Waals surface area contributed by atoms with Crippen LogP contribution >= 0.6 is 15.9 Å². The summed E-state index contributed by atoms with van der Waals surface area (Å²) in [6, 6.07) is 4.65. The van der Waals surface area contributed by atoms with Crippen molar-refractivity contribution in [2.75, 3.05) is 13.2 Å². The minimum atomic E-state index is -0.335. The SMILES string of the molecule is OCCCCCCOc1cc(Br)ccc1F. The predicted octanol–water partition coefficient (Wildman–Crippen LogP) is 3.52. The lowest BCUT2D eigenvalue weighted by atomic mass is 10.2. The van der Waals surface area contributed by atoms with E-state index in [1.807, 2.05) is 0 Å². The van der Waals surface area contributed by atoms with Crippen molar-refractivity contribution < 1.29 is 14.2 Å². The van der Waals surface area contributed by atoms with Crippen LogP contribution in [0, 0.1) is 5.82 Å². The van der Waals surface area contributed by atoms with Gasteiger partial charge >= 0.3 is 0 Å². The number of unbranched alkanes of at least 4 members (excludes halogenated alkanes) is 3. The molecule has 90 valence electrons. The second-order valence-electron chi connectivity index (χ2n) is 3.56. The molecule has 0 aliphatic rings. The number of aliphatic hydroxyl groups excluding tert-OH is 1. The lowest BCUT2D eigenvalue weighted by Crippen LogP contribution is -1.99. The molecule has 1 aromatic carbocycles. The van der Waals surface area contributed by atoms with Crippen LogP contribution in [-0.2, 0) is 0 Å². The summed E-state index contributed by atoms with van der Waals surface area (Å²) in [5.41, 5.74) is 0. The first-order valence-corrected chi connectivity index (χ1v) is 6.22. The molecule has 4 heteroatoms. The molecule has 0 saturated heterocycles. The van der Waals surface area contributed by atoms with Gasteiger partial charge in [-0.1, -0.05) is 22.4 Å². The molecule has 0 atom stereocenters. The first-order chi connectivity index (χ1) is 7.74.